The molecule has 0 radical (unpaired) electrons. The van der Waals surface area contributed by atoms with Gasteiger partial charge in [0.15, 0.2) is 5.76 Å². The lowest BCUT2D eigenvalue weighted by atomic mass is 10.2. The molecule has 3 aromatic rings. The van der Waals surface area contributed by atoms with Gasteiger partial charge in [0.1, 0.15) is 23.9 Å². The smallest absolute Gasteiger partial charge is 0.305 e. The summed E-state index contributed by atoms with van der Waals surface area (Å²) in [7, 11) is 1.50. The summed E-state index contributed by atoms with van der Waals surface area (Å²) in [5.74, 6) is 0.666. The van der Waals surface area contributed by atoms with Crippen molar-refractivity contribution in [3.63, 3.8) is 0 Å². The summed E-state index contributed by atoms with van der Waals surface area (Å²) in [4.78, 5) is 24.5. The number of ether oxygens (including phenoxy) is 2. The van der Waals surface area contributed by atoms with Crippen LogP contribution in [0.25, 0.3) is 0 Å². The predicted molar refractivity (Wildman–Crippen MR) is 105 cm³/mol. The predicted octanol–water partition coefficient (Wildman–Crippen LogP) is 3.70. The minimum absolute atomic E-state index is 0.0525. The van der Waals surface area contributed by atoms with Crippen LogP contribution in [-0.2, 0) is 6.61 Å². The molecule has 144 valence electrons. The third-order valence-electron chi connectivity index (χ3n) is 3.72. The van der Waals surface area contributed by atoms with E-state index in [1.807, 2.05) is 30.3 Å². The Hall–Kier alpha value is -3.26. The number of methoxy groups -OCH3 is 1. The third-order valence-corrected chi connectivity index (χ3v) is 4.41. The van der Waals surface area contributed by atoms with E-state index in [1.165, 1.54) is 13.2 Å². The van der Waals surface area contributed by atoms with Gasteiger partial charge in [0.2, 0.25) is 0 Å². The average Bonchev–Trinajstić information content (AvgIpc) is 3.20. The monoisotopic (exact) mass is 444 g/mol. The molecule has 0 saturated heterocycles. The van der Waals surface area contributed by atoms with Gasteiger partial charge in [-0.3, -0.25) is 20.4 Å². The largest absolute Gasteiger partial charge is 0.497 e. The second-order valence-electron chi connectivity index (χ2n) is 5.62. The van der Waals surface area contributed by atoms with Crippen LogP contribution in [0, 0.1) is 0 Å². The lowest BCUT2D eigenvalue weighted by molar-refractivity contribution is 0.0828. The number of amides is 2. The summed E-state index contributed by atoms with van der Waals surface area (Å²) in [6.45, 7) is 0.181. The fourth-order valence-electron chi connectivity index (χ4n) is 2.30. The van der Waals surface area contributed by atoms with Crippen LogP contribution in [0.1, 0.15) is 26.7 Å². The summed E-state index contributed by atoms with van der Waals surface area (Å²) < 4.78 is 16.7. The van der Waals surface area contributed by atoms with E-state index in [1.54, 1.807) is 24.3 Å². The van der Waals surface area contributed by atoms with E-state index in [9.17, 15) is 9.59 Å². The number of hydrogen-bond acceptors (Lipinski definition) is 5. The van der Waals surface area contributed by atoms with Gasteiger partial charge in [0.05, 0.1) is 12.7 Å². The maximum atomic E-state index is 12.3. The topological polar surface area (TPSA) is 89.8 Å². The van der Waals surface area contributed by atoms with Crippen molar-refractivity contribution in [1.29, 1.82) is 0 Å². The molecule has 0 atom stereocenters. The quantitative estimate of drug-likeness (QED) is 0.565. The van der Waals surface area contributed by atoms with Crippen LogP contribution in [0.3, 0.4) is 0 Å². The third kappa shape index (κ3) is 4.92. The van der Waals surface area contributed by atoms with Gasteiger partial charge < -0.3 is 13.9 Å². The number of hydrazine groups is 1. The summed E-state index contributed by atoms with van der Waals surface area (Å²) in [6, 6.07) is 17.3. The first-order valence-corrected chi connectivity index (χ1v) is 9.07. The Kier molecular flexibility index (Phi) is 6.33. The second kappa shape index (κ2) is 9.09. The number of carbonyl (C=O) groups excluding carboxylic acids is 2. The van der Waals surface area contributed by atoms with Crippen LogP contribution in [0.4, 0.5) is 0 Å². The molecule has 0 bridgehead atoms. The SMILES string of the molecule is COc1ccc(Br)c(C(=O)NNC(=O)c2ccc(COc3ccccc3)o2)c1. The number of nitrogens with one attached hydrogen (secondary N) is 2. The van der Waals surface area contributed by atoms with Gasteiger partial charge >= 0.3 is 5.91 Å². The van der Waals surface area contributed by atoms with E-state index in [4.69, 9.17) is 13.9 Å². The number of para-hydroxylation sites is 1. The molecule has 1 heterocycles. The van der Waals surface area contributed by atoms with Crippen LogP contribution in [-0.4, -0.2) is 18.9 Å². The molecule has 0 aliphatic carbocycles. The molecule has 8 heteroatoms. The first kappa shape index (κ1) is 19.5. The molecular formula is C20H17BrN2O5. The number of hydrogen-bond donors (Lipinski definition) is 2. The highest BCUT2D eigenvalue weighted by Gasteiger charge is 2.15. The van der Waals surface area contributed by atoms with Gasteiger partial charge in [0.25, 0.3) is 5.91 Å². The maximum absolute atomic E-state index is 12.3. The molecule has 1 aromatic heterocycles. The van der Waals surface area contributed by atoms with Crippen molar-refractivity contribution in [3.05, 3.63) is 82.2 Å². The highest BCUT2D eigenvalue weighted by molar-refractivity contribution is 9.10. The number of benzene rings is 2. The van der Waals surface area contributed by atoms with Crippen LogP contribution < -0.4 is 20.3 Å². The van der Waals surface area contributed by atoms with Crippen molar-refractivity contribution in [2.24, 2.45) is 0 Å². The van der Waals surface area contributed by atoms with Gasteiger partial charge in [-0.05, 0) is 58.4 Å². The maximum Gasteiger partial charge on any atom is 0.305 e. The molecule has 28 heavy (non-hydrogen) atoms. The highest BCUT2D eigenvalue weighted by atomic mass is 79.9. The van der Waals surface area contributed by atoms with E-state index in [-0.39, 0.29) is 12.4 Å². The Morgan fingerprint density at radius 3 is 2.46 bits per heavy atom. The second-order valence-corrected chi connectivity index (χ2v) is 6.48. The van der Waals surface area contributed by atoms with Gasteiger partial charge in [-0.15, -0.1) is 0 Å². The molecular weight excluding hydrogens is 428 g/mol. The number of rotatable bonds is 6. The first-order chi connectivity index (χ1) is 13.6. The van der Waals surface area contributed by atoms with E-state index >= 15 is 0 Å². The summed E-state index contributed by atoms with van der Waals surface area (Å²) >= 11 is 3.29. The molecule has 0 spiro atoms. The number of halogens is 1. The van der Waals surface area contributed by atoms with Gasteiger partial charge in [-0.2, -0.15) is 0 Å². The first-order valence-electron chi connectivity index (χ1n) is 8.27. The van der Waals surface area contributed by atoms with Crippen molar-refractivity contribution < 1.29 is 23.5 Å². The Morgan fingerprint density at radius 1 is 0.964 bits per heavy atom. The van der Waals surface area contributed by atoms with Crippen molar-refractivity contribution in [2.45, 2.75) is 6.61 Å². The minimum atomic E-state index is -0.585. The molecule has 2 amide bonds. The molecule has 2 N–H and O–H groups in total. The van der Waals surface area contributed by atoms with Crippen LogP contribution in [0.15, 0.2) is 69.6 Å². The van der Waals surface area contributed by atoms with E-state index < -0.39 is 11.8 Å². The lowest BCUT2D eigenvalue weighted by Gasteiger charge is -2.09. The molecule has 0 fully saturated rings. The van der Waals surface area contributed by atoms with Crippen molar-refractivity contribution in [2.75, 3.05) is 7.11 Å². The molecule has 2 aromatic carbocycles. The Morgan fingerprint density at radius 2 is 1.71 bits per heavy atom. The van der Waals surface area contributed by atoms with Crippen LogP contribution in [0.2, 0.25) is 0 Å². The van der Waals surface area contributed by atoms with Crippen molar-refractivity contribution in [3.8, 4) is 11.5 Å². The van der Waals surface area contributed by atoms with Gasteiger partial charge in [-0.25, -0.2) is 0 Å². The summed E-state index contributed by atoms with van der Waals surface area (Å²) in [5.41, 5.74) is 4.97. The zero-order valence-electron chi connectivity index (χ0n) is 14.9. The Balaban J connectivity index is 1.55. The molecule has 3 rings (SSSR count). The average molecular weight is 445 g/mol. The zero-order valence-corrected chi connectivity index (χ0v) is 16.5. The van der Waals surface area contributed by atoms with Gasteiger partial charge in [-0.1, -0.05) is 18.2 Å². The molecule has 0 saturated carbocycles. The van der Waals surface area contributed by atoms with E-state index in [2.05, 4.69) is 26.8 Å². The van der Waals surface area contributed by atoms with Crippen LogP contribution in [0.5, 0.6) is 11.5 Å². The Bertz CT molecular complexity index is 972. The van der Waals surface area contributed by atoms with Crippen molar-refractivity contribution >= 4 is 27.7 Å². The molecule has 0 aliphatic rings. The lowest BCUT2D eigenvalue weighted by Crippen LogP contribution is -2.41. The number of carbonyl (C=O) groups is 2. The fourth-order valence-corrected chi connectivity index (χ4v) is 2.72. The number of furan rings is 1. The normalized spacial score (nSPS) is 10.2. The van der Waals surface area contributed by atoms with E-state index in [0.29, 0.717) is 27.3 Å². The summed E-state index contributed by atoms with van der Waals surface area (Å²) in [5, 5.41) is 0. The van der Waals surface area contributed by atoms with Gasteiger partial charge in [0, 0.05) is 4.47 Å². The molecule has 0 unspecified atom stereocenters. The Labute approximate surface area is 169 Å². The molecule has 7 nitrogen and oxygen atoms in total. The highest BCUT2D eigenvalue weighted by Crippen LogP contribution is 2.22. The minimum Gasteiger partial charge on any atom is -0.497 e. The zero-order chi connectivity index (χ0) is 19.9. The van der Waals surface area contributed by atoms with E-state index in [0.717, 1.165) is 0 Å². The standard InChI is InChI=1S/C20H17BrN2O5/c1-26-14-7-9-17(21)16(11-14)19(24)22-23-20(25)18-10-8-15(28-18)12-27-13-5-3-2-4-6-13/h2-11H,12H2,1H3,(H,22,24)(H,23,25). The summed E-state index contributed by atoms with van der Waals surface area (Å²) in [6.07, 6.45) is 0. The fraction of sp³-hybridized carbons (Fsp3) is 0.100. The van der Waals surface area contributed by atoms with Crippen LogP contribution >= 0.6 is 15.9 Å². The molecule has 0 aliphatic heterocycles. The van der Waals surface area contributed by atoms with Crippen molar-refractivity contribution in [1.82, 2.24) is 10.9 Å².